The Morgan fingerprint density at radius 2 is 1.73 bits per heavy atom. The Hall–Kier alpha value is -3.71. The average Bonchev–Trinajstić information content (AvgIpc) is 2.82. The molecular formula is C26H29N3O4. The molecule has 1 unspecified atom stereocenters. The monoisotopic (exact) mass is 447 g/mol. The first kappa shape index (κ1) is 23.9. The van der Waals surface area contributed by atoms with Crippen LogP contribution >= 0.6 is 0 Å². The van der Waals surface area contributed by atoms with Crippen molar-refractivity contribution in [3.8, 4) is 0 Å². The van der Waals surface area contributed by atoms with Gasteiger partial charge >= 0.3 is 0 Å². The van der Waals surface area contributed by atoms with Crippen molar-refractivity contribution in [2.75, 3.05) is 6.61 Å². The third-order valence-corrected chi connectivity index (χ3v) is 5.73. The van der Waals surface area contributed by atoms with E-state index in [0.717, 1.165) is 16.7 Å². The molecule has 0 bridgehead atoms. The Morgan fingerprint density at radius 3 is 2.33 bits per heavy atom. The zero-order chi connectivity index (χ0) is 24.0. The van der Waals surface area contributed by atoms with Crippen LogP contribution in [-0.2, 0) is 7.05 Å². The molecule has 33 heavy (non-hydrogen) atoms. The third-order valence-electron chi connectivity index (χ3n) is 5.73. The Bertz CT molecular complexity index is 1200. The molecular weight excluding hydrogens is 418 g/mol. The molecule has 0 saturated heterocycles. The second kappa shape index (κ2) is 10.7. The Labute approximate surface area is 193 Å². The fourth-order valence-corrected chi connectivity index (χ4v) is 3.78. The maximum absolute atomic E-state index is 12.4. The fourth-order valence-electron chi connectivity index (χ4n) is 3.78. The summed E-state index contributed by atoms with van der Waals surface area (Å²) in [5.41, 5.74) is 4.60. The van der Waals surface area contributed by atoms with Gasteiger partial charge in [0.05, 0.1) is 12.3 Å². The fraction of sp³-hybridized carbons (Fsp3) is 0.269. The van der Waals surface area contributed by atoms with Crippen LogP contribution in [0.4, 0.5) is 0 Å². The molecule has 2 aromatic carbocycles. The number of aliphatic hydroxyl groups is 1. The molecule has 1 aromatic heterocycles. The largest absolute Gasteiger partial charge is 0.411 e. The molecule has 0 saturated carbocycles. The van der Waals surface area contributed by atoms with Crippen LogP contribution in [0.5, 0.6) is 0 Å². The number of amides is 1. The number of hydrogen-bond donors (Lipinski definition) is 3. The van der Waals surface area contributed by atoms with Crippen LogP contribution < -0.4 is 10.9 Å². The highest BCUT2D eigenvalue weighted by molar-refractivity contribution is 6.00. The molecule has 0 aliphatic carbocycles. The molecule has 1 amide bonds. The van der Waals surface area contributed by atoms with E-state index in [1.807, 2.05) is 43.3 Å². The van der Waals surface area contributed by atoms with Gasteiger partial charge in [-0.25, -0.2) is 0 Å². The summed E-state index contributed by atoms with van der Waals surface area (Å²) >= 11 is 0. The molecule has 2 atom stereocenters. The van der Waals surface area contributed by atoms with Gasteiger partial charge in [-0.1, -0.05) is 41.6 Å². The van der Waals surface area contributed by atoms with E-state index in [1.165, 1.54) is 10.6 Å². The van der Waals surface area contributed by atoms with Crippen LogP contribution in [0.2, 0.25) is 0 Å². The van der Waals surface area contributed by atoms with Gasteiger partial charge in [-0.3, -0.25) is 9.59 Å². The first-order valence-electron chi connectivity index (χ1n) is 10.8. The molecule has 0 spiro atoms. The number of aliphatic hydroxyl groups excluding tert-OH is 1. The van der Waals surface area contributed by atoms with Crippen LogP contribution in [0, 0.1) is 6.92 Å². The molecule has 172 valence electrons. The van der Waals surface area contributed by atoms with E-state index in [-0.39, 0.29) is 30.0 Å². The van der Waals surface area contributed by atoms with Crippen LogP contribution in [0.1, 0.15) is 51.9 Å². The average molecular weight is 448 g/mol. The number of rotatable bonds is 8. The summed E-state index contributed by atoms with van der Waals surface area (Å²) in [4.78, 5) is 24.2. The highest BCUT2D eigenvalue weighted by Crippen LogP contribution is 2.32. The number of aromatic nitrogens is 1. The number of pyridine rings is 1. The summed E-state index contributed by atoms with van der Waals surface area (Å²) < 4.78 is 1.45. The molecule has 7 nitrogen and oxygen atoms in total. The minimum atomic E-state index is -0.331. The van der Waals surface area contributed by atoms with Crippen LogP contribution in [0.25, 0.3) is 0 Å². The van der Waals surface area contributed by atoms with Gasteiger partial charge in [-0.05, 0) is 48.7 Å². The van der Waals surface area contributed by atoms with Gasteiger partial charge in [-0.15, -0.1) is 0 Å². The van der Waals surface area contributed by atoms with Gasteiger partial charge in [-0.2, -0.15) is 0 Å². The van der Waals surface area contributed by atoms with E-state index >= 15 is 0 Å². The normalized spacial score (nSPS) is 13.4. The van der Waals surface area contributed by atoms with Gasteiger partial charge in [0, 0.05) is 48.8 Å². The minimum Gasteiger partial charge on any atom is -0.411 e. The first-order valence-corrected chi connectivity index (χ1v) is 10.8. The lowest BCUT2D eigenvalue weighted by Gasteiger charge is -2.21. The van der Waals surface area contributed by atoms with E-state index in [1.54, 1.807) is 38.4 Å². The topological polar surface area (TPSA) is 104 Å². The summed E-state index contributed by atoms with van der Waals surface area (Å²) in [5.74, 6) is -0.388. The Morgan fingerprint density at radius 1 is 1.06 bits per heavy atom. The summed E-state index contributed by atoms with van der Waals surface area (Å²) in [7, 11) is 1.65. The number of aryl methyl sites for hydroxylation is 2. The lowest BCUT2D eigenvalue weighted by atomic mass is 9.83. The third kappa shape index (κ3) is 5.75. The van der Waals surface area contributed by atoms with Gasteiger partial charge in [0.2, 0.25) is 5.56 Å². The number of nitrogens with one attached hydrogen (secondary N) is 1. The predicted octanol–water partition coefficient (Wildman–Crippen LogP) is 3.20. The number of carbonyl (C=O) groups excluding carboxylic acids is 1. The smallest absolute Gasteiger partial charge is 0.251 e. The highest BCUT2D eigenvalue weighted by Gasteiger charge is 2.21. The van der Waals surface area contributed by atoms with Crippen molar-refractivity contribution in [3.05, 3.63) is 105 Å². The maximum atomic E-state index is 12.4. The summed E-state index contributed by atoms with van der Waals surface area (Å²) in [6, 6.07) is 18.1. The second-order valence-corrected chi connectivity index (χ2v) is 8.21. The van der Waals surface area contributed by atoms with Crippen LogP contribution in [0.15, 0.2) is 76.8 Å². The van der Waals surface area contributed by atoms with E-state index in [2.05, 4.69) is 10.5 Å². The van der Waals surface area contributed by atoms with Crippen LogP contribution in [-0.4, -0.2) is 39.1 Å². The molecule has 0 radical (unpaired) electrons. The lowest BCUT2D eigenvalue weighted by Crippen LogP contribution is -2.34. The number of hydrogen-bond acceptors (Lipinski definition) is 5. The lowest BCUT2D eigenvalue weighted by molar-refractivity contribution is 0.0922. The first-order chi connectivity index (χ1) is 15.8. The molecule has 0 aliphatic heterocycles. The molecule has 3 N–H and O–H groups in total. The van der Waals surface area contributed by atoms with Crippen molar-refractivity contribution in [3.63, 3.8) is 0 Å². The predicted molar refractivity (Wildman–Crippen MR) is 128 cm³/mol. The molecule has 0 fully saturated rings. The number of carbonyl (C=O) groups is 1. The van der Waals surface area contributed by atoms with Gasteiger partial charge in [0.15, 0.2) is 0 Å². The molecule has 1 heterocycles. The summed E-state index contributed by atoms with van der Waals surface area (Å²) in [6.07, 6.45) is 2.05. The van der Waals surface area contributed by atoms with Crippen molar-refractivity contribution >= 4 is 11.6 Å². The standard InChI is InChI=1S/C26H29N3O4/c1-17-6-4-5-7-22(17)23(14-24(28-33)21-12-13-25(31)29(3)15-21)19-8-10-20(11-9-19)26(32)27-18(2)16-30/h4-13,15,18,23,30,33H,14,16H2,1-3H3,(H,27,32)/t18-,23?/m0/s1. The quantitative estimate of drug-likeness (QED) is 0.280. The van der Waals surface area contributed by atoms with Gasteiger partial charge in [0.25, 0.3) is 5.91 Å². The van der Waals surface area contributed by atoms with E-state index in [9.17, 15) is 14.8 Å². The zero-order valence-corrected chi connectivity index (χ0v) is 19.0. The number of nitrogens with zero attached hydrogens (tertiary/aromatic N) is 2. The Kier molecular flexibility index (Phi) is 7.79. The van der Waals surface area contributed by atoms with Gasteiger partial charge < -0.3 is 20.2 Å². The van der Waals surface area contributed by atoms with E-state index in [4.69, 9.17) is 5.11 Å². The maximum Gasteiger partial charge on any atom is 0.251 e. The molecule has 3 aromatic rings. The van der Waals surface area contributed by atoms with Crippen molar-refractivity contribution in [2.45, 2.75) is 32.2 Å². The van der Waals surface area contributed by atoms with Crippen molar-refractivity contribution < 1.29 is 15.1 Å². The molecule has 0 aliphatic rings. The summed E-state index contributed by atoms with van der Waals surface area (Å²) in [5, 5.41) is 25.3. The molecule has 3 rings (SSSR count). The number of benzene rings is 2. The van der Waals surface area contributed by atoms with Crippen molar-refractivity contribution in [2.24, 2.45) is 12.2 Å². The molecule has 7 heteroatoms. The van der Waals surface area contributed by atoms with E-state index in [0.29, 0.717) is 23.3 Å². The van der Waals surface area contributed by atoms with Gasteiger partial charge in [0.1, 0.15) is 0 Å². The minimum absolute atomic E-state index is 0.131. The van der Waals surface area contributed by atoms with E-state index < -0.39 is 0 Å². The Balaban J connectivity index is 1.97. The van der Waals surface area contributed by atoms with Crippen molar-refractivity contribution in [1.29, 1.82) is 0 Å². The second-order valence-electron chi connectivity index (χ2n) is 8.21. The van der Waals surface area contributed by atoms with Crippen LogP contribution in [0.3, 0.4) is 0 Å². The number of oxime groups is 1. The summed E-state index contributed by atoms with van der Waals surface area (Å²) in [6.45, 7) is 3.63. The highest BCUT2D eigenvalue weighted by atomic mass is 16.4. The SMILES string of the molecule is Cc1ccccc1C(CC(=NO)c1ccc(=O)n(C)c1)c1ccc(C(=O)N[C@@H](C)CO)cc1. The van der Waals surface area contributed by atoms with Crippen molar-refractivity contribution in [1.82, 2.24) is 9.88 Å². The zero-order valence-electron chi connectivity index (χ0n) is 19.0.